The molecule has 0 aromatic heterocycles. The molecule has 0 aliphatic heterocycles. The minimum Gasteiger partial charge on any atom is -0.323 e. The summed E-state index contributed by atoms with van der Waals surface area (Å²) in [6.45, 7) is 0. The summed E-state index contributed by atoms with van der Waals surface area (Å²) in [6, 6.07) is 35.2. The number of para-hydroxylation sites is 1. The van der Waals surface area contributed by atoms with Crippen LogP contribution in [0.15, 0.2) is 132 Å². The number of halogens is 1. The molecule has 5 aromatic rings. The van der Waals surface area contributed by atoms with Crippen molar-refractivity contribution >= 4 is 57.7 Å². The summed E-state index contributed by atoms with van der Waals surface area (Å²) in [5, 5.41) is 10.1. The van der Waals surface area contributed by atoms with Gasteiger partial charge in [0.2, 0.25) is 5.91 Å². The van der Waals surface area contributed by atoms with E-state index in [0.717, 1.165) is 21.2 Å². The van der Waals surface area contributed by atoms with Crippen LogP contribution in [0.25, 0.3) is 16.8 Å². The number of carbonyl (C=O) groups excluding carboxylic acids is 3. The van der Waals surface area contributed by atoms with Gasteiger partial charge in [-0.05, 0) is 70.9 Å². The Labute approximate surface area is 246 Å². The van der Waals surface area contributed by atoms with Gasteiger partial charge < -0.3 is 16.0 Å². The number of thioether (sulfide) groups is 1. The molecule has 0 radical (unpaired) electrons. The van der Waals surface area contributed by atoms with E-state index >= 15 is 0 Å². The Kier molecular flexibility index (Phi) is 9.06. The van der Waals surface area contributed by atoms with Gasteiger partial charge in [0.1, 0.15) is 11.5 Å². The fourth-order valence-corrected chi connectivity index (χ4v) is 4.90. The third-order valence-corrected chi connectivity index (χ3v) is 7.29. The number of hydrogen-bond donors (Lipinski definition) is 3. The third kappa shape index (κ3) is 7.30. The topological polar surface area (TPSA) is 87.3 Å². The molecular formula is C34H26FN3O3S. The number of benzene rings is 5. The van der Waals surface area contributed by atoms with Crippen LogP contribution in [0.5, 0.6) is 0 Å². The maximum Gasteiger partial charge on any atom is 0.272 e. The molecule has 5 rings (SSSR count). The Bertz CT molecular complexity index is 1770. The predicted octanol–water partition coefficient (Wildman–Crippen LogP) is 7.12. The molecule has 6 nitrogen and oxygen atoms in total. The van der Waals surface area contributed by atoms with E-state index in [-0.39, 0.29) is 23.0 Å². The standard InChI is InChI=1S/C34H26FN3O3S/c35-29-15-6-7-16-30(29)37-32(39)22-42-27-19-17-26(18-20-27)36-34(41)31(38-33(40)24-10-2-1-3-11-24)21-25-13-8-12-23-9-4-5-14-28(23)25/h1-21H,22H2,(H,36,41)(H,37,39)(H,38,40)/b31-21-. The van der Waals surface area contributed by atoms with Gasteiger partial charge >= 0.3 is 0 Å². The molecule has 0 atom stereocenters. The first kappa shape index (κ1) is 28.3. The smallest absolute Gasteiger partial charge is 0.272 e. The van der Waals surface area contributed by atoms with Gasteiger partial charge in [0, 0.05) is 16.1 Å². The molecule has 0 fully saturated rings. The summed E-state index contributed by atoms with van der Waals surface area (Å²) in [5.41, 5.74) is 1.94. The zero-order valence-corrected chi connectivity index (χ0v) is 23.2. The molecule has 5 aromatic carbocycles. The highest BCUT2D eigenvalue weighted by Gasteiger charge is 2.16. The van der Waals surface area contributed by atoms with E-state index in [2.05, 4.69) is 16.0 Å². The first-order valence-corrected chi connectivity index (χ1v) is 14.1. The lowest BCUT2D eigenvalue weighted by atomic mass is 10.0. The van der Waals surface area contributed by atoms with E-state index in [4.69, 9.17) is 0 Å². The van der Waals surface area contributed by atoms with Crippen molar-refractivity contribution in [3.05, 3.63) is 144 Å². The van der Waals surface area contributed by atoms with Crippen LogP contribution in [0.3, 0.4) is 0 Å². The Morgan fingerprint density at radius 1 is 0.714 bits per heavy atom. The van der Waals surface area contributed by atoms with Crippen molar-refractivity contribution in [2.45, 2.75) is 4.90 Å². The molecule has 0 unspecified atom stereocenters. The molecule has 0 heterocycles. The summed E-state index contributed by atoms with van der Waals surface area (Å²) >= 11 is 1.28. The molecule has 0 saturated carbocycles. The van der Waals surface area contributed by atoms with E-state index < -0.39 is 17.6 Å². The lowest BCUT2D eigenvalue weighted by Crippen LogP contribution is -2.30. The molecule has 0 spiro atoms. The number of amides is 3. The highest BCUT2D eigenvalue weighted by atomic mass is 32.2. The number of nitrogens with one attached hydrogen (secondary N) is 3. The number of anilines is 2. The Morgan fingerprint density at radius 3 is 2.19 bits per heavy atom. The number of fused-ring (bicyclic) bond motifs is 1. The van der Waals surface area contributed by atoms with E-state index in [1.54, 1.807) is 66.7 Å². The third-order valence-electron chi connectivity index (χ3n) is 6.28. The van der Waals surface area contributed by atoms with Crippen molar-refractivity contribution < 1.29 is 18.8 Å². The normalized spacial score (nSPS) is 11.1. The number of hydrogen-bond acceptors (Lipinski definition) is 4. The van der Waals surface area contributed by atoms with E-state index in [0.29, 0.717) is 11.3 Å². The minimum absolute atomic E-state index is 0.0865. The molecule has 8 heteroatoms. The maximum absolute atomic E-state index is 13.8. The average molecular weight is 576 g/mol. The van der Waals surface area contributed by atoms with Crippen LogP contribution in [-0.4, -0.2) is 23.5 Å². The van der Waals surface area contributed by atoms with Gasteiger partial charge in [-0.3, -0.25) is 14.4 Å². The van der Waals surface area contributed by atoms with Gasteiger partial charge in [-0.2, -0.15) is 0 Å². The first-order chi connectivity index (χ1) is 20.5. The molecular weight excluding hydrogens is 549 g/mol. The second-order valence-electron chi connectivity index (χ2n) is 9.24. The van der Waals surface area contributed by atoms with Crippen molar-refractivity contribution in [1.29, 1.82) is 0 Å². The van der Waals surface area contributed by atoms with Crippen molar-refractivity contribution in [3.8, 4) is 0 Å². The van der Waals surface area contributed by atoms with Gasteiger partial charge in [-0.15, -0.1) is 11.8 Å². The van der Waals surface area contributed by atoms with Crippen LogP contribution in [-0.2, 0) is 9.59 Å². The highest BCUT2D eigenvalue weighted by molar-refractivity contribution is 8.00. The molecule has 208 valence electrons. The van der Waals surface area contributed by atoms with Crippen molar-refractivity contribution in [3.63, 3.8) is 0 Å². The molecule has 0 saturated heterocycles. The van der Waals surface area contributed by atoms with Crippen molar-refractivity contribution in [2.75, 3.05) is 16.4 Å². The zero-order chi connectivity index (χ0) is 29.3. The predicted molar refractivity (Wildman–Crippen MR) is 167 cm³/mol. The van der Waals surface area contributed by atoms with E-state index in [1.165, 1.54) is 23.9 Å². The van der Waals surface area contributed by atoms with Gasteiger partial charge in [-0.25, -0.2) is 4.39 Å². The molecule has 0 bridgehead atoms. The molecule has 0 aliphatic carbocycles. The summed E-state index contributed by atoms with van der Waals surface area (Å²) in [4.78, 5) is 39.5. The van der Waals surface area contributed by atoms with Gasteiger partial charge in [0.15, 0.2) is 0 Å². The lowest BCUT2D eigenvalue weighted by Gasteiger charge is -2.12. The summed E-state index contributed by atoms with van der Waals surface area (Å²) in [5.74, 6) is -1.64. The van der Waals surface area contributed by atoms with E-state index in [9.17, 15) is 18.8 Å². The molecule has 0 aliphatic rings. The summed E-state index contributed by atoms with van der Waals surface area (Å²) < 4.78 is 13.8. The van der Waals surface area contributed by atoms with Crippen LogP contribution in [0.2, 0.25) is 0 Å². The molecule has 3 N–H and O–H groups in total. The summed E-state index contributed by atoms with van der Waals surface area (Å²) in [6.07, 6.45) is 1.66. The fraction of sp³-hybridized carbons (Fsp3) is 0.0294. The van der Waals surface area contributed by atoms with Crippen LogP contribution < -0.4 is 16.0 Å². The number of carbonyl (C=O) groups is 3. The quantitative estimate of drug-likeness (QED) is 0.129. The highest BCUT2D eigenvalue weighted by Crippen LogP contribution is 2.23. The monoisotopic (exact) mass is 575 g/mol. The maximum atomic E-state index is 13.8. The average Bonchev–Trinajstić information content (AvgIpc) is 3.02. The first-order valence-electron chi connectivity index (χ1n) is 13.1. The van der Waals surface area contributed by atoms with Crippen LogP contribution in [0, 0.1) is 5.82 Å². The Balaban J connectivity index is 1.29. The molecule has 3 amide bonds. The molecule has 42 heavy (non-hydrogen) atoms. The zero-order valence-electron chi connectivity index (χ0n) is 22.3. The van der Waals surface area contributed by atoms with E-state index in [1.807, 2.05) is 48.5 Å². The SMILES string of the molecule is O=C(CSc1ccc(NC(=O)/C(=C/c2cccc3ccccc23)NC(=O)c2ccccc2)cc1)Nc1ccccc1F. The Morgan fingerprint density at radius 2 is 1.40 bits per heavy atom. The summed E-state index contributed by atoms with van der Waals surface area (Å²) in [7, 11) is 0. The minimum atomic E-state index is -0.496. The lowest BCUT2D eigenvalue weighted by molar-refractivity contribution is -0.114. The number of rotatable bonds is 9. The Hall–Kier alpha value is -5.21. The van der Waals surface area contributed by atoms with Crippen LogP contribution in [0.1, 0.15) is 15.9 Å². The van der Waals surface area contributed by atoms with Gasteiger partial charge in [-0.1, -0.05) is 72.8 Å². The fourth-order valence-electron chi connectivity index (χ4n) is 4.20. The largest absolute Gasteiger partial charge is 0.323 e. The van der Waals surface area contributed by atoms with Gasteiger partial charge in [0.25, 0.3) is 11.8 Å². The van der Waals surface area contributed by atoms with Crippen LogP contribution in [0.4, 0.5) is 15.8 Å². The second-order valence-corrected chi connectivity index (χ2v) is 10.3. The second kappa shape index (κ2) is 13.4. The van der Waals surface area contributed by atoms with Crippen molar-refractivity contribution in [1.82, 2.24) is 5.32 Å². The van der Waals surface area contributed by atoms with Crippen LogP contribution >= 0.6 is 11.8 Å². The van der Waals surface area contributed by atoms with Crippen molar-refractivity contribution in [2.24, 2.45) is 0 Å². The van der Waals surface area contributed by atoms with Gasteiger partial charge in [0.05, 0.1) is 11.4 Å².